The lowest BCUT2D eigenvalue weighted by Gasteiger charge is -2.34. The van der Waals surface area contributed by atoms with Gasteiger partial charge in [0.1, 0.15) is 12.4 Å². The maximum Gasteiger partial charge on any atom is 0.264 e. The Morgan fingerprint density at radius 2 is 2.30 bits per heavy atom. The molecule has 1 amide bonds. The van der Waals surface area contributed by atoms with Crippen LogP contribution >= 0.6 is 0 Å². The van der Waals surface area contributed by atoms with E-state index in [2.05, 4.69) is 15.2 Å². The molecule has 2 aliphatic heterocycles. The number of ether oxygens (including phenoxy) is 1. The van der Waals surface area contributed by atoms with E-state index in [-0.39, 0.29) is 18.6 Å². The maximum atomic E-state index is 12.0. The Bertz CT molecular complexity index is 734. The van der Waals surface area contributed by atoms with Gasteiger partial charge in [0.15, 0.2) is 0 Å². The third kappa shape index (κ3) is 3.46. The highest BCUT2D eigenvalue weighted by atomic mass is 32.2. The fourth-order valence-corrected chi connectivity index (χ4v) is 3.10. The summed E-state index contributed by atoms with van der Waals surface area (Å²) in [6.07, 6.45) is 0.991. The summed E-state index contributed by atoms with van der Waals surface area (Å²) in [6, 6.07) is 1.88. The van der Waals surface area contributed by atoms with Crippen molar-refractivity contribution in [1.82, 2.24) is 10.3 Å². The number of morpholine rings is 1. The van der Waals surface area contributed by atoms with Crippen LogP contribution in [0.5, 0.6) is 0 Å². The Morgan fingerprint density at radius 1 is 1.52 bits per heavy atom. The van der Waals surface area contributed by atoms with E-state index >= 15 is 0 Å². The predicted octanol–water partition coefficient (Wildman–Crippen LogP) is 0.0263. The van der Waals surface area contributed by atoms with Crippen molar-refractivity contribution < 1.29 is 22.1 Å². The first-order valence-corrected chi connectivity index (χ1v) is 9.16. The molecule has 8 nitrogen and oxygen atoms in total. The Kier molecular flexibility index (Phi) is 4.26. The van der Waals surface area contributed by atoms with Crippen LogP contribution in [0.4, 0.5) is 5.82 Å². The van der Waals surface area contributed by atoms with Crippen LogP contribution in [0.2, 0.25) is 0 Å². The second-order valence-electron chi connectivity index (χ2n) is 5.72. The van der Waals surface area contributed by atoms with Crippen molar-refractivity contribution in [2.75, 3.05) is 30.9 Å². The van der Waals surface area contributed by atoms with E-state index in [1.54, 1.807) is 6.07 Å². The molecule has 1 aromatic heterocycles. The molecule has 3 rings (SSSR count). The van der Waals surface area contributed by atoms with Crippen molar-refractivity contribution in [2.24, 2.45) is 0 Å². The Hall–Kier alpha value is -1.71. The highest BCUT2D eigenvalue weighted by Gasteiger charge is 2.28. The summed E-state index contributed by atoms with van der Waals surface area (Å²) in [7, 11) is -3.58. The molecule has 126 valence electrons. The Labute approximate surface area is 134 Å². The smallest absolute Gasteiger partial charge is 0.264 e. The number of hydrogen-bond donors (Lipinski definition) is 1. The molecule has 3 heterocycles. The lowest BCUT2D eigenvalue weighted by atomic mass is 10.1. The molecule has 1 saturated heterocycles. The lowest BCUT2D eigenvalue weighted by molar-refractivity contribution is 0.0965. The van der Waals surface area contributed by atoms with Gasteiger partial charge in [-0.05, 0) is 13.0 Å². The molecule has 2 aliphatic rings. The summed E-state index contributed by atoms with van der Waals surface area (Å²) in [5.74, 6) is 0.467. The van der Waals surface area contributed by atoms with Gasteiger partial charge in [-0.1, -0.05) is 0 Å². The Morgan fingerprint density at radius 3 is 3.00 bits per heavy atom. The molecule has 0 bridgehead atoms. The Balaban J connectivity index is 1.98. The van der Waals surface area contributed by atoms with E-state index in [0.717, 1.165) is 6.26 Å². The molecule has 1 atom stereocenters. The highest BCUT2D eigenvalue weighted by Crippen LogP contribution is 2.26. The molecule has 0 aromatic carbocycles. The van der Waals surface area contributed by atoms with Gasteiger partial charge in [-0.15, -0.1) is 0 Å². The summed E-state index contributed by atoms with van der Waals surface area (Å²) < 4.78 is 32.8. The molecule has 23 heavy (non-hydrogen) atoms. The average molecular weight is 341 g/mol. The molecule has 1 fully saturated rings. The number of fused-ring (bicyclic) bond motifs is 1. The number of aromatic nitrogens is 1. The predicted molar refractivity (Wildman–Crippen MR) is 82.7 cm³/mol. The quantitative estimate of drug-likeness (QED) is 0.771. The number of anilines is 1. The minimum absolute atomic E-state index is 0.127. The first kappa shape index (κ1) is 16.2. The summed E-state index contributed by atoms with van der Waals surface area (Å²) in [5.41, 5.74) is 1.70. The monoisotopic (exact) mass is 341 g/mol. The van der Waals surface area contributed by atoms with Gasteiger partial charge in [0.25, 0.3) is 16.0 Å². The van der Waals surface area contributed by atoms with Gasteiger partial charge in [0, 0.05) is 24.2 Å². The number of amides is 1. The maximum absolute atomic E-state index is 12.0. The van der Waals surface area contributed by atoms with Gasteiger partial charge >= 0.3 is 0 Å². The van der Waals surface area contributed by atoms with Crippen molar-refractivity contribution in [3.05, 3.63) is 22.9 Å². The summed E-state index contributed by atoms with van der Waals surface area (Å²) in [4.78, 5) is 18.6. The van der Waals surface area contributed by atoms with E-state index in [0.29, 0.717) is 48.9 Å². The SMILES string of the molecule is C[C@@H]1COCCN1c1cc2c(c(COS(C)(=O)=O)n1)CNC2=O. The van der Waals surface area contributed by atoms with E-state index < -0.39 is 10.1 Å². The van der Waals surface area contributed by atoms with E-state index in [1.165, 1.54) is 0 Å². The third-order valence-electron chi connectivity index (χ3n) is 3.94. The average Bonchev–Trinajstić information content (AvgIpc) is 2.86. The lowest BCUT2D eigenvalue weighted by Crippen LogP contribution is -2.44. The standard InChI is InChI=1S/C14H19N3O5S/c1-9-7-21-4-3-17(9)13-5-10-11(6-15-14(10)18)12(16-13)8-22-23(2,19)20/h5,9H,3-4,6-8H2,1-2H3,(H,15,18)/t9-/m1/s1. The normalized spacial score (nSPS) is 21.2. The van der Waals surface area contributed by atoms with Crippen LogP contribution in [-0.4, -0.2) is 51.4 Å². The molecular weight excluding hydrogens is 322 g/mol. The largest absolute Gasteiger partial charge is 0.377 e. The number of nitrogens with zero attached hydrogens (tertiary/aromatic N) is 2. The summed E-state index contributed by atoms with van der Waals surface area (Å²) in [5, 5.41) is 2.74. The highest BCUT2D eigenvalue weighted by molar-refractivity contribution is 7.85. The van der Waals surface area contributed by atoms with Gasteiger partial charge in [0.2, 0.25) is 0 Å². The first-order chi connectivity index (χ1) is 10.8. The zero-order valence-electron chi connectivity index (χ0n) is 13.0. The molecule has 1 aromatic rings. The second-order valence-corrected chi connectivity index (χ2v) is 7.36. The molecular formula is C14H19N3O5S. The molecule has 0 saturated carbocycles. The summed E-state index contributed by atoms with van der Waals surface area (Å²) >= 11 is 0. The van der Waals surface area contributed by atoms with Crippen LogP contribution in [-0.2, 0) is 32.2 Å². The van der Waals surface area contributed by atoms with Crippen LogP contribution < -0.4 is 10.2 Å². The molecule has 0 spiro atoms. The number of carbonyl (C=O) groups is 1. The molecule has 1 N–H and O–H groups in total. The minimum atomic E-state index is -3.58. The van der Waals surface area contributed by atoms with Crippen LogP contribution in [0.1, 0.15) is 28.5 Å². The zero-order chi connectivity index (χ0) is 16.6. The van der Waals surface area contributed by atoms with Crippen molar-refractivity contribution in [2.45, 2.75) is 26.1 Å². The topological polar surface area (TPSA) is 97.8 Å². The number of nitrogens with one attached hydrogen (secondary N) is 1. The van der Waals surface area contributed by atoms with Crippen LogP contribution in [0.3, 0.4) is 0 Å². The molecule has 0 unspecified atom stereocenters. The fraction of sp³-hybridized carbons (Fsp3) is 0.571. The van der Waals surface area contributed by atoms with Crippen molar-refractivity contribution in [1.29, 1.82) is 0 Å². The summed E-state index contributed by atoms with van der Waals surface area (Å²) in [6.45, 7) is 4.01. The van der Waals surface area contributed by atoms with E-state index in [4.69, 9.17) is 8.92 Å². The van der Waals surface area contributed by atoms with Crippen molar-refractivity contribution >= 4 is 21.8 Å². The number of carbonyl (C=O) groups excluding carboxylic acids is 1. The molecule has 0 radical (unpaired) electrons. The second kappa shape index (κ2) is 6.06. The van der Waals surface area contributed by atoms with Crippen LogP contribution in [0, 0.1) is 0 Å². The first-order valence-electron chi connectivity index (χ1n) is 7.35. The van der Waals surface area contributed by atoms with Crippen molar-refractivity contribution in [3.8, 4) is 0 Å². The zero-order valence-corrected chi connectivity index (χ0v) is 13.9. The van der Waals surface area contributed by atoms with Crippen LogP contribution in [0.15, 0.2) is 6.07 Å². The fourth-order valence-electron chi connectivity index (χ4n) is 2.77. The van der Waals surface area contributed by atoms with Gasteiger partial charge in [0.05, 0.1) is 31.2 Å². The van der Waals surface area contributed by atoms with Gasteiger partial charge < -0.3 is 15.0 Å². The number of hydrogen-bond acceptors (Lipinski definition) is 7. The minimum Gasteiger partial charge on any atom is -0.377 e. The third-order valence-corrected chi connectivity index (χ3v) is 4.48. The van der Waals surface area contributed by atoms with Gasteiger partial charge in [-0.3, -0.25) is 8.98 Å². The van der Waals surface area contributed by atoms with Gasteiger partial charge in [-0.2, -0.15) is 8.42 Å². The van der Waals surface area contributed by atoms with Crippen molar-refractivity contribution in [3.63, 3.8) is 0 Å². The van der Waals surface area contributed by atoms with E-state index in [1.807, 2.05) is 6.92 Å². The number of rotatable bonds is 4. The van der Waals surface area contributed by atoms with Gasteiger partial charge in [-0.25, -0.2) is 4.98 Å². The van der Waals surface area contributed by atoms with Crippen LogP contribution in [0.25, 0.3) is 0 Å². The van der Waals surface area contributed by atoms with E-state index in [9.17, 15) is 13.2 Å². The number of pyridine rings is 1. The molecule has 0 aliphatic carbocycles. The molecule has 9 heteroatoms.